The summed E-state index contributed by atoms with van der Waals surface area (Å²) in [6.07, 6.45) is 0. The summed E-state index contributed by atoms with van der Waals surface area (Å²) in [7, 11) is 2.60. The minimum Gasteiger partial charge on any atom is -0.395 e. The maximum atomic E-state index is 14.1. The molecule has 1 aromatic carbocycles. The van der Waals surface area contributed by atoms with Gasteiger partial charge in [0.25, 0.3) is 11.5 Å². The van der Waals surface area contributed by atoms with Crippen molar-refractivity contribution >= 4 is 17.4 Å². The second-order valence-corrected chi connectivity index (χ2v) is 5.52. The summed E-state index contributed by atoms with van der Waals surface area (Å²) in [5.74, 6) is -1.50. The number of aliphatic hydroxyl groups is 1. The Morgan fingerprint density at radius 3 is 2.37 bits per heavy atom. The van der Waals surface area contributed by atoms with Crippen LogP contribution in [0.2, 0.25) is 0 Å². The van der Waals surface area contributed by atoms with Gasteiger partial charge in [-0.15, -0.1) is 0 Å². The van der Waals surface area contributed by atoms with E-state index in [9.17, 15) is 18.8 Å². The molecule has 0 radical (unpaired) electrons. The van der Waals surface area contributed by atoms with Gasteiger partial charge in [0, 0.05) is 20.6 Å². The molecule has 0 bridgehead atoms. The number of aliphatic hydroxyl groups excluding tert-OH is 1. The van der Waals surface area contributed by atoms with Crippen molar-refractivity contribution in [2.24, 2.45) is 14.1 Å². The van der Waals surface area contributed by atoms with Crippen molar-refractivity contribution in [3.63, 3.8) is 0 Å². The molecule has 1 heterocycles. The summed E-state index contributed by atoms with van der Waals surface area (Å²) >= 11 is 0. The monoisotopic (exact) mass is 380 g/mol. The number of anilines is 2. The molecule has 148 valence electrons. The Balaban J connectivity index is 0.00000176. The Morgan fingerprint density at radius 1 is 1.19 bits per heavy atom. The molecule has 0 aliphatic heterocycles. The van der Waals surface area contributed by atoms with Gasteiger partial charge in [-0.2, -0.15) is 0 Å². The third kappa shape index (κ3) is 4.82. The van der Waals surface area contributed by atoms with Gasteiger partial charge >= 0.3 is 5.69 Å². The van der Waals surface area contributed by atoms with Crippen molar-refractivity contribution in [1.82, 2.24) is 14.5 Å². The Bertz CT molecular complexity index is 934. The SMILES string of the molecule is CC.Cc1ccc(Nc2c(C(=O)NCCO)c(=O)n(C)c(=O)n2C)c(F)c1. The summed E-state index contributed by atoms with van der Waals surface area (Å²) in [6.45, 7) is 5.34. The van der Waals surface area contributed by atoms with Crippen molar-refractivity contribution < 1.29 is 14.3 Å². The van der Waals surface area contributed by atoms with Crippen LogP contribution >= 0.6 is 0 Å². The van der Waals surface area contributed by atoms with Crippen molar-refractivity contribution in [1.29, 1.82) is 0 Å². The first-order valence-electron chi connectivity index (χ1n) is 8.50. The standard InChI is InChI=1S/C16H19FN4O4.C2H6/c1-9-4-5-11(10(17)8-9)19-13-12(14(23)18-6-7-22)15(24)21(3)16(25)20(13)2;1-2/h4-5,8,19,22H,6-7H2,1-3H3,(H,18,23);1-2H3. The molecule has 2 aromatic rings. The van der Waals surface area contributed by atoms with Crippen LogP contribution in [-0.2, 0) is 14.1 Å². The fourth-order valence-corrected chi connectivity index (χ4v) is 2.30. The number of halogens is 1. The first-order chi connectivity index (χ1) is 12.8. The first kappa shape index (κ1) is 22.1. The van der Waals surface area contributed by atoms with E-state index in [1.807, 2.05) is 13.8 Å². The molecule has 27 heavy (non-hydrogen) atoms. The molecule has 0 aliphatic carbocycles. The predicted molar refractivity (Wildman–Crippen MR) is 102 cm³/mol. The molecule has 0 atom stereocenters. The lowest BCUT2D eigenvalue weighted by Gasteiger charge is -2.17. The van der Waals surface area contributed by atoms with E-state index in [2.05, 4.69) is 10.6 Å². The van der Waals surface area contributed by atoms with Crippen LogP contribution in [0.3, 0.4) is 0 Å². The Labute approximate surface area is 156 Å². The van der Waals surface area contributed by atoms with Gasteiger partial charge in [0.2, 0.25) is 0 Å². The smallest absolute Gasteiger partial charge is 0.332 e. The van der Waals surface area contributed by atoms with E-state index in [0.717, 1.165) is 9.13 Å². The molecule has 0 saturated carbocycles. The average molecular weight is 380 g/mol. The van der Waals surface area contributed by atoms with E-state index in [-0.39, 0.29) is 30.2 Å². The number of hydrogen-bond acceptors (Lipinski definition) is 5. The van der Waals surface area contributed by atoms with Crippen LogP contribution in [0.25, 0.3) is 0 Å². The minimum absolute atomic E-state index is 0.0186. The average Bonchev–Trinajstić information content (AvgIpc) is 2.66. The number of aryl methyl sites for hydroxylation is 1. The number of rotatable bonds is 5. The van der Waals surface area contributed by atoms with Crippen molar-refractivity contribution in [3.8, 4) is 0 Å². The second kappa shape index (κ2) is 9.67. The topological polar surface area (TPSA) is 105 Å². The summed E-state index contributed by atoms with van der Waals surface area (Å²) < 4.78 is 15.9. The van der Waals surface area contributed by atoms with Crippen LogP contribution < -0.4 is 21.9 Å². The molecule has 2 rings (SSSR count). The molecule has 0 unspecified atom stereocenters. The Kier molecular flexibility index (Phi) is 7.92. The van der Waals surface area contributed by atoms with Crippen LogP contribution in [-0.4, -0.2) is 33.3 Å². The van der Waals surface area contributed by atoms with Gasteiger partial charge < -0.3 is 15.7 Å². The normalized spacial score (nSPS) is 10.0. The molecular formula is C18H25FN4O4. The van der Waals surface area contributed by atoms with Gasteiger partial charge in [0.15, 0.2) is 0 Å². The maximum absolute atomic E-state index is 14.1. The zero-order valence-electron chi connectivity index (χ0n) is 16.1. The lowest BCUT2D eigenvalue weighted by atomic mass is 10.2. The van der Waals surface area contributed by atoms with Gasteiger partial charge in [-0.05, 0) is 24.6 Å². The van der Waals surface area contributed by atoms with E-state index in [1.54, 1.807) is 13.0 Å². The van der Waals surface area contributed by atoms with Crippen LogP contribution in [0.1, 0.15) is 29.8 Å². The highest BCUT2D eigenvalue weighted by Gasteiger charge is 2.22. The highest BCUT2D eigenvalue weighted by Crippen LogP contribution is 2.21. The summed E-state index contributed by atoms with van der Waals surface area (Å²) in [6, 6.07) is 4.38. The number of hydrogen-bond donors (Lipinski definition) is 3. The molecule has 9 heteroatoms. The number of nitrogens with zero attached hydrogens (tertiary/aromatic N) is 2. The summed E-state index contributed by atoms with van der Waals surface area (Å²) in [5.41, 5.74) is -1.13. The molecule has 1 aromatic heterocycles. The van der Waals surface area contributed by atoms with E-state index in [1.165, 1.54) is 26.2 Å². The van der Waals surface area contributed by atoms with Crippen LogP contribution in [0.5, 0.6) is 0 Å². The number of nitrogens with one attached hydrogen (secondary N) is 2. The highest BCUT2D eigenvalue weighted by molar-refractivity contribution is 5.99. The zero-order valence-corrected chi connectivity index (χ0v) is 16.1. The molecule has 0 spiro atoms. The van der Waals surface area contributed by atoms with Crippen LogP contribution in [0.4, 0.5) is 15.9 Å². The predicted octanol–water partition coefficient (Wildman–Crippen LogP) is 1.02. The number of benzene rings is 1. The van der Waals surface area contributed by atoms with Crippen LogP contribution in [0.15, 0.2) is 27.8 Å². The maximum Gasteiger partial charge on any atom is 0.332 e. The van der Waals surface area contributed by atoms with Gasteiger partial charge in [0.1, 0.15) is 17.2 Å². The lowest BCUT2D eigenvalue weighted by Crippen LogP contribution is -2.43. The van der Waals surface area contributed by atoms with Gasteiger partial charge in [-0.3, -0.25) is 18.7 Å². The summed E-state index contributed by atoms with van der Waals surface area (Å²) in [4.78, 5) is 36.8. The third-order valence-corrected chi connectivity index (χ3v) is 3.67. The Morgan fingerprint density at radius 2 is 1.81 bits per heavy atom. The van der Waals surface area contributed by atoms with Crippen molar-refractivity contribution in [2.75, 3.05) is 18.5 Å². The number of aromatic nitrogens is 2. The molecule has 1 amide bonds. The first-order valence-corrected chi connectivity index (χ1v) is 8.50. The largest absolute Gasteiger partial charge is 0.395 e. The van der Waals surface area contributed by atoms with Crippen LogP contribution in [0, 0.1) is 12.7 Å². The lowest BCUT2D eigenvalue weighted by molar-refractivity contribution is 0.0942. The fraction of sp³-hybridized carbons (Fsp3) is 0.389. The van der Waals surface area contributed by atoms with Gasteiger partial charge in [-0.25, -0.2) is 9.18 Å². The molecule has 0 saturated heterocycles. The third-order valence-electron chi connectivity index (χ3n) is 3.67. The van der Waals surface area contributed by atoms with E-state index < -0.39 is 23.0 Å². The molecular weight excluding hydrogens is 355 g/mol. The number of carbonyl (C=O) groups is 1. The van der Waals surface area contributed by atoms with Crippen molar-refractivity contribution in [2.45, 2.75) is 20.8 Å². The zero-order chi connectivity index (χ0) is 20.7. The minimum atomic E-state index is -0.825. The molecule has 8 nitrogen and oxygen atoms in total. The van der Waals surface area contributed by atoms with Gasteiger partial charge in [0.05, 0.1) is 12.3 Å². The molecule has 0 aliphatic rings. The highest BCUT2D eigenvalue weighted by atomic mass is 19.1. The van der Waals surface area contributed by atoms with E-state index in [0.29, 0.717) is 5.56 Å². The number of carbonyl (C=O) groups excluding carboxylic acids is 1. The van der Waals surface area contributed by atoms with E-state index >= 15 is 0 Å². The quantitative estimate of drug-likeness (QED) is 0.718. The van der Waals surface area contributed by atoms with Crippen molar-refractivity contribution in [3.05, 3.63) is 56.0 Å². The van der Waals surface area contributed by atoms with E-state index in [4.69, 9.17) is 5.11 Å². The molecule has 0 fully saturated rings. The second-order valence-electron chi connectivity index (χ2n) is 5.52. The Hall–Kier alpha value is -2.94. The molecule has 3 N–H and O–H groups in total. The van der Waals surface area contributed by atoms with Gasteiger partial charge in [-0.1, -0.05) is 19.9 Å². The number of amides is 1. The summed E-state index contributed by atoms with van der Waals surface area (Å²) in [5, 5.41) is 13.8. The fourth-order valence-electron chi connectivity index (χ4n) is 2.30.